The number of aromatic nitrogens is 4. The van der Waals surface area contributed by atoms with Crippen LogP contribution in [0.4, 0.5) is 0 Å². The summed E-state index contributed by atoms with van der Waals surface area (Å²) in [5, 5.41) is 10.6. The van der Waals surface area contributed by atoms with Crippen LogP contribution in [0, 0.1) is 0 Å². The van der Waals surface area contributed by atoms with E-state index in [9.17, 15) is 0 Å². The summed E-state index contributed by atoms with van der Waals surface area (Å²) < 4.78 is 1.93. The first-order valence-corrected chi connectivity index (χ1v) is 8.83. The van der Waals surface area contributed by atoms with Crippen LogP contribution in [-0.2, 0) is 5.75 Å². The quantitative estimate of drug-likeness (QED) is 0.516. The van der Waals surface area contributed by atoms with Gasteiger partial charge in [-0.2, -0.15) is 0 Å². The molecule has 7 heteroatoms. The highest BCUT2D eigenvalue weighted by atomic mass is 35.5. The van der Waals surface area contributed by atoms with Gasteiger partial charge in [0.25, 0.3) is 0 Å². The SMILES string of the molecule is CCSc1ncc(Cl)c2nnc(SCc3ccccc3)n12. The molecule has 2 aromatic heterocycles. The van der Waals surface area contributed by atoms with Crippen LogP contribution in [0.25, 0.3) is 5.65 Å². The van der Waals surface area contributed by atoms with Crippen LogP contribution in [0.2, 0.25) is 5.02 Å². The van der Waals surface area contributed by atoms with E-state index in [1.54, 1.807) is 29.7 Å². The summed E-state index contributed by atoms with van der Waals surface area (Å²) in [4.78, 5) is 4.38. The Balaban J connectivity index is 1.93. The molecule has 0 spiro atoms. The van der Waals surface area contributed by atoms with Gasteiger partial charge in [0.05, 0.1) is 6.20 Å². The van der Waals surface area contributed by atoms with Gasteiger partial charge in [0.2, 0.25) is 0 Å². The molecule has 0 amide bonds. The summed E-state index contributed by atoms with van der Waals surface area (Å²) in [7, 11) is 0. The summed E-state index contributed by atoms with van der Waals surface area (Å²) in [5.74, 6) is 1.77. The van der Waals surface area contributed by atoms with Crippen molar-refractivity contribution in [3.05, 3.63) is 47.1 Å². The largest absolute Gasteiger partial charge is 0.247 e. The van der Waals surface area contributed by atoms with Crippen molar-refractivity contribution < 1.29 is 0 Å². The number of fused-ring (bicyclic) bond motifs is 1. The lowest BCUT2D eigenvalue weighted by atomic mass is 10.2. The van der Waals surface area contributed by atoms with Gasteiger partial charge in [0.1, 0.15) is 5.02 Å². The minimum absolute atomic E-state index is 0.523. The monoisotopic (exact) mass is 336 g/mol. The Morgan fingerprint density at radius 3 is 2.67 bits per heavy atom. The maximum absolute atomic E-state index is 6.16. The van der Waals surface area contributed by atoms with E-state index in [0.717, 1.165) is 21.8 Å². The zero-order chi connectivity index (χ0) is 14.7. The number of nitrogens with zero attached hydrogens (tertiary/aromatic N) is 4. The predicted molar refractivity (Wildman–Crippen MR) is 88.2 cm³/mol. The molecule has 1 aromatic carbocycles. The second kappa shape index (κ2) is 6.68. The summed E-state index contributed by atoms with van der Waals surface area (Å²) in [6.07, 6.45) is 1.63. The maximum Gasteiger partial charge on any atom is 0.198 e. The van der Waals surface area contributed by atoms with Crippen LogP contribution >= 0.6 is 35.1 Å². The molecule has 0 unspecified atom stereocenters. The Kier molecular flexibility index (Phi) is 4.67. The molecule has 108 valence electrons. The van der Waals surface area contributed by atoms with E-state index in [1.165, 1.54) is 5.56 Å². The number of halogens is 1. The molecule has 2 heterocycles. The molecule has 0 aliphatic heterocycles. The van der Waals surface area contributed by atoms with E-state index < -0.39 is 0 Å². The number of hydrogen-bond acceptors (Lipinski definition) is 5. The second-order valence-electron chi connectivity index (χ2n) is 4.24. The lowest BCUT2D eigenvalue weighted by molar-refractivity contribution is 0.804. The fraction of sp³-hybridized carbons (Fsp3) is 0.214. The second-order valence-corrected chi connectivity index (χ2v) is 6.82. The Morgan fingerprint density at radius 1 is 1.10 bits per heavy atom. The molecular weight excluding hydrogens is 324 g/mol. The predicted octanol–water partition coefficient (Wildman–Crippen LogP) is 4.18. The lowest BCUT2D eigenvalue weighted by Gasteiger charge is -2.05. The van der Waals surface area contributed by atoms with Gasteiger partial charge in [-0.1, -0.05) is 72.4 Å². The van der Waals surface area contributed by atoms with Gasteiger partial charge in [0, 0.05) is 5.75 Å². The molecule has 0 atom stereocenters. The van der Waals surface area contributed by atoms with Gasteiger partial charge >= 0.3 is 0 Å². The standard InChI is InChI=1S/C14H13ClN4S2/c1-2-20-13-16-8-11(15)12-17-18-14(19(12)13)21-9-10-6-4-3-5-7-10/h3-8H,2,9H2,1H3. The van der Waals surface area contributed by atoms with Gasteiger partial charge in [-0.15, -0.1) is 10.2 Å². The number of benzene rings is 1. The Morgan fingerprint density at radius 2 is 1.90 bits per heavy atom. The van der Waals surface area contributed by atoms with Gasteiger partial charge < -0.3 is 0 Å². The fourth-order valence-corrected chi connectivity index (χ4v) is 3.68. The average molecular weight is 337 g/mol. The number of hydrogen-bond donors (Lipinski definition) is 0. The van der Waals surface area contributed by atoms with Crippen molar-refractivity contribution in [3.63, 3.8) is 0 Å². The van der Waals surface area contributed by atoms with Crippen LogP contribution in [0.5, 0.6) is 0 Å². The van der Waals surface area contributed by atoms with Crippen LogP contribution in [-0.4, -0.2) is 25.3 Å². The summed E-state index contributed by atoms with van der Waals surface area (Å²) in [5.41, 5.74) is 1.91. The number of rotatable bonds is 5. The fourth-order valence-electron chi connectivity index (χ4n) is 1.87. The highest BCUT2D eigenvalue weighted by Gasteiger charge is 2.14. The van der Waals surface area contributed by atoms with Crippen molar-refractivity contribution in [1.82, 2.24) is 19.6 Å². The smallest absolute Gasteiger partial charge is 0.198 e. The van der Waals surface area contributed by atoms with Gasteiger partial charge in [-0.25, -0.2) is 9.38 Å². The van der Waals surface area contributed by atoms with E-state index in [-0.39, 0.29) is 0 Å². The lowest BCUT2D eigenvalue weighted by Crippen LogP contribution is -1.97. The van der Waals surface area contributed by atoms with Crippen molar-refractivity contribution >= 4 is 40.8 Å². The van der Waals surface area contributed by atoms with E-state index in [2.05, 4.69) is 34.2 Å². The van der Waals surface area contributed by atoms with Gasteiger partial charge in [0.15, 0.2) is 16.0 Å². The summed E-state index contributed by atoms with van der Waals surface area (Å²) in [6.45, 7) is 2.09. The zero-order valence-corrected chi connectivity index (χ0v) is 13.8. The molecule has 0 saturated carbocycles. The van der Waals surface area contributed by atoms with Crippen LogP contribution in [0.15, 0.2) is 46.8 Å². The summed E-state index contributed by atoms with van der Waals surface area (Å²) in [6, 6.07) is 10.3. The first-order valence-electron chi connectivity index (χ1n) is 6.48. The van der Waals surface area contributed by atoms with Crippen LogP contribution in [0.1, 0.15) is 12.5 Å². The van der Waals surface area contributed by atoms with Crippen molar-refractivity contribution in [1.29, 1.82) is 0 Å². The highest BCUT2D eigenvalue weighted by molar-refractivity contribution is 7.99. The molecule has 3 rings (SSSR count). The normalized spacial score (nSPS) is 11.1. The third kappa shape index (κ3) is 3.17. The average Bonchev–Trinajstić information content (AvgIpc) is 2.94. The van der Waals surface area contributed by atoms with Crippen molar-refractivity contribution in [3.8, 4) is 0 Å². The molecule has 0 aliphatic carbocycles. The topological polar surface area (TPSA) is 43.1 Å². The minimum Gasteiger partial charge on any atom is -0.247 e. The first kappa shape index (κ1) is 14.7. The molecule has 0 bridgehead atoms. The molecule has 0 N–H and O–H groups in total. The highest BCUT2D eigenvalue weighted by Crippen LogP contribution is 2.28. The van der Waals surface area contributed by atoms with Crippen LogP contribution in [0.3, 0.4) is 0 Å². The molecule has 0 fully saturated rings. The number of thioether (sulfide) groups is 2. The molecule has 0 radical (unpaired) electrons. The van der Waals surface area contributed by atoms with E-state index in [1.807, 2.05) is 22.6 Å². The van der Waals surface area contributed by atoms with E-state index in [4.69, 9.17) is 11.6 Å². The van der Waals surface area contributed by atoms with Crippen molar-refractivity contribution in [2.24, 2.45) is 0 Å². The Hall–Kier alpha value is -1.24. The third-order valence-electron chi connectivity index (χ3n) is 2.81. The molecule has 0 aliphatic rings. The molecular formula is C14H13ClN4S2. The maximum atomic E-state index is 6.16. The molecule has 21 heavy (non-hydrogen) atoms. The third-order valence-corrected chi connectivity index (χ3v) is 4.91. The van der Waals surface area contributed by atoms with E-state index >= 15 is 0 Å². The zero-order valence-electron chi connectivity index (χ0n) is 11.4. The molecule has 4 nitrogen and oxygen atoms in total. The molecule has 0 saturated heterocycles. The van der Waals surface area contributed by atoms with Crippen molar-refractivity contribution in [2.75, 3.05) is 5.75 Å². The van der Waals surface area contributed by atoms with Gasteiger partial charge in [-0.3, -0.25) is 0 Å². The van der Waals surface area contributed by atoms with Crippen LogP contribution < -0.4 is 0 Å². The first-order chi connectivity index (χ1) is 10.3. The Labute approximate surface area is 136 Å². The minimum atomic E-state index is 0.523. The molecule has 3 aromatic rings. The summed E-state index contributed by atoms with van der Waals surface area (Å²) >= 11 is 9.44. The van der Waals surface area contributed by atoms with Gasteiger partial charge in [-0.05, 0) is 11.3 Å². The van der Waals surface area contributed by atoms with E-state index in [0.29, 0.717) is 10.7 Å². The van der Waals surface area contributed by atoms with Crippen molar-refractivity contribution in [2.45, 2.75) is 23.0 Å². The Bertz CT molecular complexity index is 745.